The maximum atomic E-state index is 11.8. The zero-order chi connectivity index (χ0) is 11.9. The van der Waals surface area contributed by atoms with Crippen molar-refractivity contribution in [3.8, 4) is 0 Å². The molecule has 1 unspecified atom stereocenters. The number of aryl methyl sites for hydroxylation is 1. The molecule has 1 aliphatic rings. The predicted molar refractivity (Wildman–Crippen MR) is 73.6 cm³/mol. The number of nitrogens with zero attached hydrogens (tertiary/aromatic N) is 1. The zero-order valence-corrected chi connectivity index (χ0v) is 11.9. The third-order valence-corrected chi connectivity index (χ3v) is 3.76. The molecular weight excluding hydrogens is 310 g/mol. The SMILES string of the molecule is Cc1cc(Cl)cc(Br)c1N1CC(S)CC1=O. The smallest absolute Gasteiger partial charge is 0.228 e. The molecule has 0 radical (unpaired) electrons. The highest BCUT2D eigenvalue weighted by atomic mass is 79.9. The lowest BCUT2D eigenvalue weighted by molar-refractivity contribution is -0.117. The van der Waals surface area contributed by atoms with Gasteiger partial charge >= 0.3 is 0 Å². The molecule has 0 saturated carbocycles. The molecule has 1 heterocycles. The summed E-state index contributed by atoms with van der Waals surface area (Å²) in [5.41, 5.74) is 1.90. The first-order chi connectivity index (χ1) is 7.49. The Bertz CT molecular complexity index is 429. The maximum Gasteiger partial charge on any atom is 0.228 e. The normalized spacial score (nSPS) is 20.6. The average molecular weight is 321 g/mol. The lowest BCUT2D eigenvalue weighted by Gasteiger charge is -2.20. The van der Waals surface area contributed by atoms with Gasteiger partial charge in [0, 0.05) is 27.7 Å². The Morgan fingerprint density at radius 1 is 1.56 bits per heavy atom. The van der Waals surface area contributed by atoms with Crippen LogP contribution in [0.5, 0.6) is 0 Å². The molecule has 1 aliphatic heterocycles. The fourth-order valence-corrected chi connectivity index (χ4v) is 3.44. The van der Waals surface area contributed by atoms with E-state index in [0.29, 0.717) is 18.0 Å². The number of rotatable bonds is 1. The number of anilines is 1. The monoisotopic (exact) mass is 319 g/mol. The Morgan fingerprint density at radius 2 is 2.25 bits per heavy atom. The molecule has 86 valence electrons. The van der Waals surface area contributed by atoms with Crippen molar-refractivity contribution in [3.05, 3.63) is 27.2 Å². The first-order valence-corrected chi connectivity index (χ1v) is 6.62. The molecule has 1 fully saturated rings. The summed E-state index contributed by atoms with van der Waals surface area (Å²) < 4.78 is 0.855. The second-order valence-corrected chi connectivity index (χ2v) is 5.94. The summed E-state index contributed by atoms with van der Waals surface area (Å²) in [5.74, 6) is 0.117. The number of carbonyl (C=O) groups excluding carboxylic acids is 1. The third kappa shape index (κ3) is 2.24. The Hall–Kier alpha value is -0.190. The summed E-state index contributed by atoms with van der Waals surface area (Å²) in [7, 11) is 0. The van der Waals surface area contributed by atoms with E-state index in [2.05, 4.69) is 28.6 Å². The largest absolute Gasteiger partial charge is 0.310 e. The third-order valence-electron chi connectivity index (χ3n) is 2.59. The number of amides is 1. The Labute approximate surface area is 113 Å². The fraction of sp³-hybridized carbons (Fsp3) is 0.364. The lowest BCUT2D eigenvalue weighted by atomic mass is 10.2. The molecule has 5 heteroatoms. The van der Waals surface area contributed by atoms with E-state index in [4.69, 9.17) is 11.6 Å². The van der Waals surface area contributed by atoms with Gasteiger partial charge < -0.3 is 4.90 Å². The Balaban J connectivity index is 2.44. The molecule has 0 aromatic heterocycles. The molecule has 1 amide bonds. The van der Waals surface area contributed by atoms with E-state index in [9.17, 15) is 4.79 Å². The summed E-state index contributed by atoms with van der Waals surface area (Å²) >= 11 is 13.7. The molecule has 0 N–H and O–H groups in total. The fourth-order valence-electron chi connectivity index (χ4n) is 1.94. The minimum absolute atomic E-state index is 0.117. The summed E-state index contributed by atoms with van der Waals surface area (Å²) in [5, 5.41) is 0.789. The summed E-state index contributed by atoms with van der Waals surface area (Å²) in [6.45, 7) is 2.61. The summed E-state index contributed by atoms with van der Waals surface area (Å²) in [6.07, 6.45) is 0.498. The number of carbonyl (C=O) groups is 1. The summed E-state index contributed by atoms with van der Waals surface area (Å²) in [4.78, 5) is 13.6. The highest BCUT2D eigenvalue weighted by Crippen LogP contribution is 2.36. The van der Waals surface area contributed by atoms with Crippen LogP contribution < -0.4 is 4.90 Å². The van der Waals surface area contributed by atoms with Gasteiger partial charge in [0.15, 0.2) is 0 Å². The standard InChI is InChI=1S/C11H11BrClNOS/c1-6-2-7(13)3-9(12)11(6)14-5-8(16)4-10(14)15/h2-3,8,16H,4-5H2,1H3. The van der Waals surface area contributed by atoms with Crippen LogP contribution >= 0.6 is 40.2 Å². The van der Waals surface area contributed by atoms with Gasteiger partial charge in [-0.15, -0.1) is 0 Å². The van der Waals surface area contributed by atoms with E-state index < -0.39 is 0 Å². The van der Waals surface area contributed by atoms with Gasteiger partial charge in [-0.25, -0.2) is 0 Å². The first-order valence-electron chi connectivity index (χ1n) is 4.93. The van der Waals surface area contributed by atoms with Gasteiger partial charge in [-0.1, -0.05) is 11.6 Å². The van der Waals surface area contributed by atoms with Crippen molar-refractivity contribution in [2.45, 2.75) is 18.6 Å². The van der Waals surface area contributed by atoms with E-state index in [1.807, 2.05) is 19.1 Å². The van der Waals surface area contributed by atoms with Gasteiger partial charge in [-0.2, -0.15) is 12.6 Å². The molecule has 16 heavy (non-hydrogen) atoms. The van der Waals surface area contributed by atoms with Gasteiger partial charge in [0.25, 0.3) is 0 Å². The number of thiol groups is 1. The quantitative estimate of drug-likeness (QED) is 0.786. The van der Waals surface area contributed by atoms with Gasteiger partial charge in [-0.3, -0.25) is 4.79 Å². The molecule has 1 saturated heterocycles. The molecule has 1 aromatic carbocycles. The Morgan fingerprint density at radius 3 is 2.75 bits per heavy atom. The highest BCUT2D eigenvalue weighted by Gasteiger charge is 2.30. The second kappa shape index (κ2) is 4.59. The van der Waals surface area contributed by atoms with Crippen LogP contribution in [0.4, 0.5) is 5.69 Å². The highest BCUT2D eigenvalue weighted by molar-refractivity contribution is 9.10. The topological polar surface area (TPSA) is 20.3 Å². The van der Waals surface area contributed by atoms with Crippen molar-refractivity contribution in [3.63, 3.8) is 0 Å². The van der Waals surface area contributed by atoms with Crippen LogP contribution in [0.3, 0.4) is 0 Å². The van der Waals surface area contributed by atoms with Gasteiger partial charge in [0.2, 0.25) is 5.91 Å². The number of halogens is 2. The minimum Gasteiger partial charge on any atom is -0.310 e. The second-order valence-electron chi connectivity index (χ2n) is 3.92. The number of hydrogen-bond donors (Lipinski definition) is 1. The predicted octanol–water partition coefficient (Wildman–Crippen LogP) is 3.45. The molecule has 2 nitrogen and oxygen atoms in total. The van der Waals surface area contributed by atoms with Crippen LogP contribution in [0.2, 0.25) is 5.02 Å². The van der Waals surface area contributed by atoms with E-state index in [0.717, 1.165) is 15.7 Å². The average Bonchev–Trinajstić information content (AvgIpc) is 2.43. The molecule has 0 bridgehead atoms. The van der Waals surface area contributed by atoms with Gasteiger partial charge in [0.05, 0.1) is 5.69 Å². The van der Waals surface area contributed by atoms with Crippen LogP contribution in [-0.4, -0.2) is 17.7 Å². The van der Waals surface area contributed by atoms with Crippen molar-refractivity contribution in [1.29, 1.82) is 0 Å². The Kier molecular flexibility index (Phi) is 3.52. The number of hydrogen-bond acceptors (Lipinski definition) is 2. The van der Waals surface area contributed by atoms with Crippen LogP contribution in [0.15, 0.2) is 16.6 Å². The van der Waals surface area contributed by atoms with E-state index in [1.165, 1.54) is 0 Å². The number of benzene rings is 1. The van der Waals surface area contributed by atoms with E-state index in [1.54, 1.807) is 4.90 Å². The molecule has 1 aromatic rings. The van der Waals surface area contributed by atoms with Crippen LogP contribution in [0.25, 0.3) is 0 Å². The van der Waals surface area contributed by atoms with E-state index in [-0.39, 0.29) is 11.2 Å². The van der Waals surface area contributed by atoms with Gasteiger partial charge in [-0.05, 0) is 40.5 Å². The van der Waals surface area contributed by atoms with Crippen molar-refractivity contribution in [1.82, 2.24) is 0 Å². The minimum atomic E-state index is 0.117. The first kappa shape index (κ1) is 12.3. The van der Waals surface area contributed by atoms with Crippen LogP contribution in [0, 0.1) is 6.92 Å². The summed E-state index contributed by atoms with van der Waals surface area (Å²) in [6, 6.07) is 3.67. The van der Waals surface area contributed by atoms with Gasteiger partial charge in [0.1, 0.15) is 0 Å². The molecule has 2 rings (SSSR count). The van der Waals surface area contributed by atoms with Crippen LogP contribution in [0.1, 0.15) is 12.0 Å². The lowest BCUT2D eigenvalue weighted by Crippen LogP contribution is -2.25. The van der Waals surface area contributed by atoms with Crippen molar-refractivity contribution in [2.75, 3.05) is 11.4 Å². The van der Waals surface area contributed by atoms with E-state index >= 15 is 0 Å². The van der Waals surface area contributed by atoms with Crippen molar-refractivity contribution in [2.24, 2.45) is 0 Å². The van der Waals surface area contributed by atoms with Crippen molar-refractivity contribution < 1.29 is 4.79 Å². The van der Waals surface area contributed by atoms with Crippen LogP contribution in [-0.2, 0) is 4.79 Å². The molecule has 0 aliphatic carbocycles. The maximum absolute atomic E-state index is 11.8. The molecule has 0 spiro atoms. The van der Waals surface area contributed by atoms with Crippen molar-refractivity contribution >= 4 is 51.8 Å². The molecule has 1 atom stereocenters. The molecular formula is C11H11BrClNOS. The zero-order valence-electron chi connectivity index (χ0n) is 8.70.